The van der Waals surface area contributed by atoms with Gasteiger partial charge in [0.15, 0.2) is 11.3 Å². The zero-order valence-corrected chi connectivity index (χ0v) is 6.76. The number of aromatic amines is 1. The largest absolute Gasteiger partial charge is 0.501 e. The Balaban J connectivity index is 2.94. The molecule has 0 aliphatic rings. The second-order valence-electron chi connectivity index (χ2n) is 2.58. The molecule has 0 aliphatic heterocycles. The summed E-state index contributed by atoms with van der Waals surface area (Å²) in [6, 6.07) is 1.42. The number of aromatic hydroxyl groups is 1. The maximum Gasteiger partial charge on any atom is 0.358 e. The van der Waals surface area contributed by atoms with Crippen LogP contribution in [0.25, 0.3) is 5.65 Å². The number of carboxylic acid groups (broad SMARTS) is 1. The third-order valence-electron chi connectivity index (χ3n) is 1.72. The smallest absolute Gasteiger partial charge is 0.358 e. The summed E-state index contributed by atoms with van der Waals surface area (Å²) in [5.74, 6) is -2.32. The molecule has 2 aromatic heterocycles. The van der Waals surface area contributed by atoms with Gasteiger partial charge < -0.3 is 10.2 Å². The van der Waals surface area contributed by atoms with Gasteiger partial charge in [-0.05, 0) is 0 Å². The van der Waals surface area contributed by atoms with E-state index in [1.165, 1.54) is 12.3 Å². The van der Waals surface area contributed by atoms with Gasteiger partial charge in [-0.3, -0.25) is 9.89 Å². The fourth-order valence-electron chi connectivity index (χ4n) is 1.10. The van der Waals surface area contributed by atoms with E-state index in [9.17, 15) is 14.7 Å². The Morgan fingerprint density at radius 1 is 1.57 bits per heavy atom. The summed E-state index contributed by atoms with van der Waals surface area (Å²) in [4.78, 5) is 25.4. The minimum atomic E-state index is -1.44. The molecule has 0 unspecified atom stereocenters. The molecule has 2 rings (SSSR count). The van der Waals surface area contributed by atoms with Gasteiger partial charge in [0.1, 0.15) is 0 Å². The van der Waals surface area contributed by atoms with Gasteiger partial charge in [-0.1, -0.05) is 0 Å². The van der Waals surface area contributed by atoms with Crippen LogP contribution in [0.3, 0.4) is 0 Å². The Bertz CT molecular complexity index is 568. The number of fused-ring (bicyclic) bond motifs is 1. The van der Waals surface area contributed by atoms with Gasteiger partial charge in [0.25, 0.3) is 0 Å². The molecule has 0 aliphatic carbocycles. The molecule has 0 atom stereocenters. The first kappa shape index (κ1) is 8.30. The molecule has 0 fully saturated rings. The van der Waals surface area contributed by atoms with E-state index in [1.54, 1.807) is 0 Å². The zero-order valence-electron chi connectivity index (χ0n) is 6.76. The highest BCUT2D eigenvalue weighted by atomic mass is 16.4. The average Bonchev–Trinajstić information content (AvgIpc) is 2.58. The molecule has 0 amide bonds. The SMILES string of the molecule is O=C(O)c1nc2cc[nH]n2c(=O)c1O. The van der Waals surface area contributed by atoms with Gasteiger partial charge >= 0.3 is 11.5 Å². The number of H-pyrrole nitrogens is 1. The lowest BCUT2D eigenvalue weighted by molar-refractivity contribution is 0.0686. The van der Waals surface area contributed by atoms with Gasteiger partial charge in [-0.25, -0.2) is 9.78 Å². The van der Waals surface area contributed by atoms with Crippen LogP contribution >= 0.6 is 0 Å². The summed E-state index contributed by atoms with van der Waals surface area (Å²) in [5.41, 5.74) is -1.34. The van der Waals surface area contributed by atoms with Gasteiger partial charge in [0.2, 0.25) is 5.75 Å². The molecule has 2 heterocycles. The topological polar surface area (TPSA) is 108 Å². The van der Waals surface area contributed by atoms with Crippen LogP contribution in [0.5, 0.6) is 5.75 Å². The number of carbonyl (C=O) groups is 1. The van der Waals surface area contributed by atoms with Crippen molar-refractivity contribution in [3.05, 3.63) is 28.3 Å². The molecule has 0 saturated carbocycles. The number of carboxylic acids is 1. The minimum absolute atomic E-state index is 0.144. The van der Waals surface area contributed by atoms with Crippen molar-refractivity contribution in [2.75, 3.05) is 0 Å². The van der Waals surface area contributed by atoms with E-state index in [0.717, 1.165) is 4.52 Å². The fraction of sp³-hybridized carbons (Fsp3) is 0. The maximum absolute atomic E-state index is 11.3. The highest BCUT2D eigenvalue weighted by molar-refractivity contribution is 5.88. The van der Waals surface area contributed by atoms with Crippen molar-refractivity contribution in [3.63, 3.8) is 0 Å². The number of hydrogen-bond acceptors (Lipinski definition) is 4. The van der Waals surface area contributed by atoms with Crippen LogP contribution in [0, 0.1) is 0 Å². The Hall–Kier alpha value is -2.31. The van der Waals surface area contributed by atoms with Crippen LogP contribution in [0.4, 0.5) is 0 Å². The van der Waals surface area contributed by atoms with Crippen LogP contribution in [0.2, 0.25) is 0 Å². The van der Waals surface area contributed by atoms with E-state index >= 15 is 0 Å². The van der Waals surface area contributed by atoms with Crippen molar-refractivity contribution in [2.45, 2.75) is 0 Å². The second kappa shape index (κ2) is 2.59. The predicted octanol–water partition coefficient (Wildman–Crippen LogP) is -0.574. The van der Waals surface area contributed by atoms with Crippen molar-refractivity contribution in [1.82, 2.24) is 14.6 Å². The number of nitrogens with zero attached hydrogens (tertiary/aromatic N) is 2. The first-order valence-corrected chi connectivity index (χ1v) is 3.63. The molecule has 72 valence electrons. The van der Waals surface area contributed by atoms with Crippen LogP contribution in [0.1, 0.15) is 10.5 Å². The van der Waals surface area contributed by atoms with Crippen molar-refractivity contribution >= 4 is 11.6 Å². The van der Waals surface area contributed by atoms with Crippen molar-refractivity contribution < 1.29 is 15.0 Å². The summed E-state index contributed by atoms with van der Waals surface area (Å²) in [6.07, 6.45) is 1.41. The summed E-state index contributed by atoms with van der Waals surface area (Å²) in [7, 11) is 0. The fourth-order valence-corrected chi connectivity index (χ4v) is 1.10. The lowest BCUT2D eigenvalue weighted by atomic mass is 10.4. The Kier molecular flexibility index (Phi) is 1.53. The Labute approximate surface area is 76.2 Å². The molecular weight excluding hydrogens is 190 g/mol. The third-order valence-corrected chi connectivity index (χ3v) is 1.72. The monoisotopic (exact) mass is 195 g/mol. The Morgan fingerprint density at radius 2 is 2.29 bits per heavy atom. The first-order valence-electron chi connectivity index (χ1n) is 3.63. The molecular formula is C7H5N3O4. The maximum atomic E-state index is 11.3. The predicted molar refractivity (Wildman–Crippen MR) is 44.4 cm³/mol. The lowest BCUT2D eigenvalue weighted by Crippen LogP contribution is -2.18. The average molecular weight is 195 g/mol. The standard InChI is InChI=1S/C7H5N3O4/c11-5-4(7(13)14)9-3-1-2-8-10(3)6(5)12/h1-2,8,11H,(H,13,14). The lowest BCUT2D eigenvalue weighted by Gasteiger charge is -1.98. The molecule has 0 aromatic carbocycles. The summed E-state index contributed by atoms with van der Waals surface area (Å²) < 4.78 is 0.946. The van der Waals surface area contributed by atoms with Crippen LogP contribution in [-0.2, 0) is 0 Å². The quantitative estimate of drug-likeness (QED) is 0.564. The number of rotatable bonds is 1. The molecule has 0 bridgehead atoms. The van der Waals surface area contributed by atoms with Gasteiger partial charge in [-0.2, -0.15) is 4.52 Å². The minimum Gasteiger partial charge on any atom is -0.501 e. The number of aromatic nitrogens is 3. The van der Waals surface area contributed by atoms with E-state index < -0.39 is 23.0 Å². The molecule has 7 nitrogen and oxygen atoms in total. The molecule has 14 heavy (non-hydrogen) atoms. The van der Waals surface area contributed by atoms with Gasteiger partial charge in [-0.15, -0.1) is 0 Å². The van der Waals surface area contributed by atoms with E-state index in [-0.39, 0.29) is 5.65 Å². The highest BCUT2D eigenvalue weighted by Crippen LogP contribution is 2.09. The van der Waals surface area contributed by atoms with Gasteiger partial charge in [0.05, 0.1) is 0 Å². The summed E-state index contributed by atoms with van der Waals surface area (Å²) in [5, 5.41) is 20.3. The van der Waals surface area contributed by atoms with Crippen molar-refractivity contribution in [3.8, 4) is 5.75 Å². The summed E-state index contributed by atoms with van der Waals surface area (Å²) in [6.45, 7) is 0. The molecule has 0 radical (unpaired) electrons. The second-order valence-corrected chi connectivity index (χ2v) is 2.58. The highest BCUT2D eigenvalue weighted by Gasteiger charge is 2.17. The molecule has 3 N–H and O–H groups in total. The molecule has 0 saturated heterocycles. The van der Waals surface area contributed by atoms with E-state index in [1.807, 2.05) is 0 Å². The van der Waals surface area contributed by atoms with Crippen molar-refractivity contribution in [2.24, 2.45) is 0 Å². The number of aromatic carboxylic acids is 1. The van der Waals surface area contributed by atoms with Crippen LogP contribution in [-0.4, -0.2) is 30.8 Å². The molecule has 7 heteroatoms. The zero-order chi connectivity index (χ0) is 10.3. The van der Waals surface area contributed by atoms with Crippen LogP contribution in [0.15, 0.2) is 17.1 Å². The number of nitrogens with one attached hydrogen (secondary N) is 1. The van der Waals surface area contributed by atoms with E-state index in [2.05, 4.69) is 10.1 Å². The number of hydrogen-bond donors (Lipinski definition) is 3. The first-order chi connectivity index (χ1) is 6.61. The normalized spacial score (nSPS) is 10.6. The van der Waals surface area contributed by atoms with E-state index in [0.29, 0.717) is 0 Å². The Morgan fingerprint density at radius 3 is 2.93 bits per heavy atom. The van der Waals surface area contributed by atoms with Gasteiger partial charge in [0, 0.05) is 12.3 Å². The van der Waals surface area contributed by atoms with E-state index in [4.69, 9.17) is 5.11 Å². The molecule has 2 aromatic rings. The summed E-state index contributed by atoms with van der Waals surface area (Å²) >= 11 is 0. The third kappa shape index (κ3) is 0.954. The van der Waals surface area contributed by atoms with Crippen molar-refractivity contribution in [1.29, 1.82) is 0 Å². The van der Waals surface area contributed by atoms with Crippen LogP contribution < -0.4 is 5.56 Å². The molecule has 0 spiro atoms.